The Kier molecular flexibility index (Phi) is 5.77. The van der Waals surface area contributed by atoms with Crippen molar-refractivity contribution in [3.8, 4) is 0 Å². The first kappa shape index (κ1) is 16.4. The van der Waals surface area contributed by atoms with E-state index >= 15 is 0 Å². The first-order chi connectivity index (χ1) is 8.56. The van der Waals surface area contributed by atoms with E-state index in [0.29, 0.717) is 16.6 Å². The molecular formula is C13H17BrClFN2O. The number of carbonyl (C=O) groups excluding carboxylic acids is 1. The van der Waals surface area contributed by atoms with Crippen molar-refractivity contribution < 1.29 is 9.18 Å². The number of carbonyl (C=O) groups is 1. The second-order valence-electron chi connectivity index (χ2n) is 4.77. The Bertz CT molecular complexity index is 464. The van der Waals surface area contributed by atoms with Gasteiger partial charge in [-0.15, -0.1) is 12.4 Å². The summed E-state index contributed by atoms with van der Waals surface area (Å²) < 4.78 is 13.8. The van der Waals surface area contributed by atoms with Crippen LogP contribution in [0.15, 0.2) is 22.7 Å². The molecule has 1 aromatic carbocycles. The van der Waals surface area contributed by atoms with Crippen molar-refractivity contribution in [1.29, 1.82) is 0 Å². The Labute approximate surface area is 126 Å². The maximum atomic E-state index is 13.2. The van der Waals surface area contributed by atoms with Gasteiger partial charge in [-0.2, -0.15) is 0 Å². The molecular weight excluding hydrogens is 335 g/mol. The zero-order valence-electron chi connectivity index (χ0n) is 10.4. The maximum absolute atomic E-state index is 13.2. The smallest absolute Gasteiger partial charge is 0.253 e. The van der Waals surface area contributed by atoms with Gasteiger partial charge in [-0.1, -0.05) is 12.8 Å². The Morgan fingerprint density at radius 2 is 2.05 bits per heavy atom. The normalized spacial score (nSPS) is 16.8. The van der Waals surface area contributed by atoms with Gasteiger partial charge in [0.25, 0.3) is 5.91 Å². The summed E-state index contributed by atoms with van der Waals surface area (Å²) in [4.78, 5) is 12.2. The molecule has 0 unspecified atom stereocenters. The van der Waals surface area contributed by atoms with E-state index in [4.69, 9.17) is 5.73 Å². The monoisotopic (exact) mass is 350 g/mol. The zero-order valence-corrected chi connectivity index (χ0v) is 12.8. The average molecular weight is 352 g/mol. The summed E-state index contributed by atoms with van der Waals surface area (Å²) in [5.74, 6) is -0.690. The molecule has 0 aromatic heterocycles. The molecule has 0 aliphatic heterocycles. The molecule has 6 heteroatoms. The summed E-state index contributed by atoms with van der Waals surface area (Å²) in [7, 11) is 0. The summed E-state index contributed by atoms with van der Waals surface area (Å²) in [6.45, 7) is 0.422. The van der Waals surface area contributed by atoms with Crippen LogP contribution in [0, 0.1) is 5.82 Å². The quantitative estimate of drug-likeness (QED) is 0.879. The first-order valence-electron chi connectivity index (χ1n) is 6.04. The largest absolute Gasteiger partial charge is 0.345 e. The number of nitrogens with two attached hydrogens (primary N) is 1. The predicted molar refractivity (Wildman–Crippen MR) is 79.1 cm³/mol. The van der Waals surface area contributed by atoms with Gasteiger partial charge in [0.15, 0.2) is 0 Å². The Balaban J connectivity index is 0.00000180. The SMILES string of the molecule is Cl.NCC1(NC(=O)c2cc(F)ccc2Br)CCCC1. The number of halogens is 3. The lowest BCUT2D eigenvalue weighted by molar-refractivity contribution is 0.0902. The summed E-state index contributed by atoms with van der Waals surface area (Å²) in [6, 6.07) is 4.09. The van der Waals surface area contributed by atoms with Crippen LogP contribution < -0.4 is 11.1 Å². The standard InChI is InChI=1S/C13H16BrFN2O.ClH/c14-11-4-3-9(15)7-10(11)12(18)17-13(8-16)5-1-2-6-13;/h3-4,7H,1-2,5-6,8,16H2,(H,17,18);1H. The molecule has 0 spiro atoms. The fourth-order valence-electron chi connectivity index (χ4n) is 2.41. The van der Waals surface area contributed by atoms with Crippen LogP contribution in [0.25, 0.3) is 0 Å². The minimum absolute atomic E-state index is 0. The third kappa shape index (κ3) is 3.68. The second-order valence-corrected chi connectivity index (χ2v) is 5.62. The highest BCUT2D eigenvalue weighted by Gasteiger charge is 2.34. The topological polar surface area (TPSA) is 55.1 Å². The van der Waals surface area contributed by atoms with E-state index in [1.807, 2.05) is 0 Å². The lowest BCUT2D eigenvalue weighted by Gasteiger charge is -2.28. The molecule has 1 aromatic rings. The highest BCUT2D eigenvalue weighted by molar-refractivity contribution is 9.10. The first-order valence-corrected chi connectivity index (χ1v) is 6.83. The highest BCUT2D eigenvalue weighted by atomic mass is 79.9. The Morgan fingerprint density at radius 1 is 1.42 bits per heavy atom. The van der Waals surface area contributed by atoms with E-state index in [1.165, 1.54) is 18.2 Å². The van der Waals surface area contributed by atoms with Gasteiger partial charge in [0, 0.05) is 11.0 Å². The van der Waals surface area contributed by atoms with E-state index in [2.05, 4.69) is 21.2 Å². The van der Waals surface area contributed by atoms with E-state index in [9.17, 15) is 9.18 Å². The number of hydrogen-bond donors (Lipinski definition) is 2. The van der Waals surface area contributed by atoms with Gasteiger partial charge < -0.3 is 11.1 Å². The molecule has 1 fully saturated rings. The number of hydrogen-bond acceptors (Lipinski definition) is 2. The molecule has 0 radical (unpaired) electrons. The number of rotatable bonds is 3. The molecule has 1 aliphatic carbocycles. The van der Waals surface area contributed by atoms with Crippen LogP contribution in [0.4, 0.5) is 4.39 Å². The van der Waals surface area contributed by atoms with E-state index in [0.717, 1.165) is 25.7 Å². The van der Waals surface area contributed by atoms with Gasteiger partial charge in [0.1, 0.15) is 5.82 Å². The summed E-state index contributed by atoms with van der Waals surface area (Å²) >= 11 is 3.26. The molecule has 1 saturated carbocycles. The molecule has 0 heterocycles. The lowest BCUT2D eigenvalue weighted by atomic mass is 9.97. The maximum Gasteiger partial charge on any atom is 0.253 e. The average Bonchev–Trinajstić information content (AvgIpc) is 2.81. The molecule has 0 saturated heterocycles. The molecule has 1 aliphatic rings. The van der Waals surface area contributed by atoms with Crippen LogP contribution >= 0.6 is 28.3 Å². The van der Waals surface area contributed by atoms with Gasteiger partial charge >= 0.3 is 0 Å². The molecule has 106 valence electrons. The Hall–Kier alpha value is -0.650. The van der Waals surface area contributed by atoms with Crippen molar-refractivity contribution in [3.63, 3.8) is 0 Å². The lowest BCUT2D eigenvalue weighted by Crippen LogP contribution is -2.51. The van der Waals surface area contributed by atoms with Crippen molar-refractivity contribution in [3.05, 3.63) is 34.1 Å². The summed E-state index contributed by atoms with van der Waals surface area (Å²) in [6.07, 6.45) is 3.92. The highest BCUT2D eigenvalue weighted by Crippen LogP contribution is 2.29. The molecule has 1 amide bonds. The van der Waals surface area contributed by atoms with Gasteiger partial charge in [-0.05, 0) is 47.0 Å². The van der Waals surface area contributed by atoms with Crippen LogP contribution in [-0.2, 0) is 0 Å². The molecule has 3 N–H and O–H groups in total. The number of benzene rings is 1. The van der Waals surface area contributed by atoms with Crippen molar-refractivity contribution in [2.24, 2.45) is 5.73 Å². The summed E-state index contributed by atoms with van der Waals surface area (Å²) in [5.41, 5.74) is 5.76. The van der Waals surface area contributed by atoms with Crippen molar-refractivity contribution in [2.75, 3.05) is 6.54 Å². The molecule has 19 heavy (non-hydrogen) atoms. The third-order valence-corrected chi connectivity index (χ3v) is 4.19. The number of nitrogens with one attached hydrogen (secondary N) is 1. The predicted octanol–water partition coefficient (Wildman–Crippen LogP) is 3.01. The fourth-order valence-corrected chi connectivity index (χ4v) is 2.84. The van der Waals surface area contributed by atoms with Gasteiger partial charge in [-0.3, -0.25) is 4.79 Å². The van der Waals surface area contributed by atoms with Gasteiger partial charge in [0.2, 0.25) is 0 Å². The van der Waals surface area contributed by atoms with Crippen LogP contribution in [0.5, 0.6) is 0 Å². The van der Waals surface area contributed by atoms with Crippen molar-refractivity contribution in [2.45, 2.75) is 31.2 Å². The minimum Gasteiger partial charge on any atom is -0.345 e. The van der Waals surface area contributed by atoms with Gasteiger partial charge in [0.05, 0.1) is 11.1 Å². The van der Waals surface area contributed by atoms with Crippen molar-refractivity contribution in [1.82, 2.24) is 5.32 Å². The van der Waals surface area contributed by atoms with E-state index in [1.54, 1.807) is 0 Å². The molecule has 0 atom stereocenters. The Morgan fingerprint density at radius 3 is 2.63 bits per heavy atom. The molecule has 0 bridgehead atoms. The fraction of sp³-hybridized carbons (Fsp3) is 0.462. The van der Waals surface area contributed by atoms with Crippen LogP contribution in [0.3, 0.4) is 0 Å². The molecule has 3 nitrogen and oxygen atoms in total. The third-order valence-electron chi connectivity index (χ3n) is 3.50. The van der Waals surface area contributed by atoms with E-state index in [-0.39, 0.29) is 23.9 Å². The second kappa shape index (κ2) is 6.68. The summed E-state index contributed by atoms with van der Waals surface area (Å²) in [5, 5.41) is 2.97. The van der Waals surface area contributed by atoms with Crippen LogP contribution in [0.1, 0.15) is 36.0 Å². The van der Waals surface area contributed by atoms with Crippen LogP contribution in [-0.4, -0.2) is 18.0 Å². The van der Waals surface area contributed by atoms with Crippen LogP contribution in [0.2, 0.25) is 0 Å². The van der Waals surface area contributed by atoms with E-state index < -0.39 is 5.82 Å². The zero-order chi connectivity index (χ0) is 13.2. The minimum atomic E-state index is -0.420. The number of amides is 1. The van der Waals surface area contributed by atoms with Crippen molar-refractivity contribution >= 4 is 34.2 Å². The molecule has 2 rings (SSSR count). The van der Waals surface area contributed by atoms with Gasteiger partial charge in [-0.25, -0.2) is 4.39 Å².